The SMILES string of the molecule is CCCn1nc(C2CC2)cc1C1CC1. The maximum absolute atomic E-state index is 4.74. The van der Waals surface area contributed by atoms with Gasteiger partial charge in [0.15, 0.2) is 0 Å². The number of aromatic nitrogens is 2. The second-order valence-corrected chi connectivity index (χ2v) is 4.77. The second-order valence-electron chi connectivity index (χ2n) is 4.77. The van der Waals surface area contributed by atoms with Crippen LogP contribution in [0.25, 0.3) is 0 Å². The molecule has 0 unspecified atom stereocenters. The Labute approximate surface area is 85.3 Å². The maximum Gasteiger partial charge on any atom is 0.0658 e. The zero-order valence-electron chi connectivity index (χ0n) is 8.87. The molecular weight excluding hydrogens is 172 g/mol. The molecule has 1 heterocycles. The van der Waals surface area contributed by atoms with Crippen molar-refractivity contribution in [3.8, 4) is 0 Å². The number of nitrogens with zero attached hydrogens (tertiary/aromatic N) is 2. The molecule has 76 valence electrons. The highest BCUT2D eigenvalue weighted by Crippen LogP contribution is 2.44. The largest absolute Gasteiger partial charge is 0.269 e. The molecule has 0 atom stereocenters. The highest BCUT2D eigenvalue weighted by Gasteiger charge is 2.32. The van der Waals surface area contributed by atoms with Gasteiger partial charge in [-0.2, -0.15) is 5.10 Å². The van der Waals surface area contributed by atoms with E-state index in [0.717, 1.165) is 18.4 Å². The molecule has 2 heteroatoms. The summed E-state index contributed by atoms with van der Waals surface area (Å²) in [5, 5.41) is 4.74. The van der Waals surface area contributed by atoms with Crippen LogP contribution in [0.1, 0.15) is 62.3 Å². The van der Waals surface area contributed by atoms with Gasteiger partial charge in [0.2, 0.25) is 0 Å². The van der Waals surface area contributed by atoms with Gasteiger partial charge in [0.1, 0.15) is 0 Å². The van der Waals surface area contributed by atoms with E-state index in [9.17, 15) is 0 Å². The van der Waals surface area contributed by atoms with E-state index >= 15 is 0 Å². The maximum atomic E-state index is 4.74. The van der Waals surface area contributed by atoms with Gasteiger partial charge in [0.05, 0.1) is 5.69 Å². The normalized spacial score (nSPS) is 21.5. The first kappa shape index (κ1) is 8.51. The standard InChI is InChI=1S/C12H18N2/c1-2-7-14-12(10-5-6-10)8-11(13-14)9-3-4-9/h8-10H,2-7H2,1H3. The van der Waals surface area contributed by atoms with Crippen molar-refractivity contribution in [1.82, 2.24) is 9.78 Å². The molecule has 0 saturated heterocycles. The predicted molar refractivity (Wildman–Crippen MR) is 56.5 cm³/mol. The van der Waals surface area contributed by atoms with Gasteiger partial charge in [-0.3, -0.25) is 4.68 Å². The van der Waals surface area contributed by atoms with Crippen molar-refractivity contribution >= 4 is 0 Å². The summed E-state index contributed by atoms with van der Waals surface area (Å²) in [6.45, 7) is 3.34. The van der Waals surface area contributed by atoms with Gasteiger partial charge in [-0.05, 0) is 38.2 Å². The Bertz CT molecular complexity index is 332. The van der Waals surface area contributed by atoms with Crippen LogP contribution in [0.5, 0.6) is 0 Å². The summed E-state index contributed by atoms with van der Waals surface area (Å²) in [6, 6.07) is 2.38. The molecule has 2 aliphatic rings. The molecule has 3 rings (SSSR count). The van der Waals surface area contributed by atoms with E-state index < -0.39 is 0 Å². The predicted octanol–water partition coefficient (Wildman–Crippen LogP) is 3.05. The van der Waals surface area contributed by atoms with E-state index in [4.69, 9.17) is 5.10 Å². The van der Waals surface area contributed by atoms with Crippen LogP contribution < -0.4 is 0 Å². The van der Waals surface area contributed by atoms with E-state index in [0.29, 0.717) is 0 Å². The second kappa shape index (κ2) is 3.11. The third-order valence-corrected chi connectivity index (χ3v) is 3.26. The summed E-state index contributed by atoms with van der Waals surface area (Å²) in [4.78, 5) is 0. The summed E-state index contributed by atoms with van der Waals surface area (Å²) < 4.78 is 2.27. The lowest BCUT2D eigenvalue weighted by Crippen LogP contribution is -2.03. The van der Waals surface area contributed by atoms with Crippen molar-refractivity contribution in [1.29, 1.82) is 0 Å². The van der Waals surface area contributed by atoms with Crippen LogP contribution >= 0.6 is 0 Å². The quantitative estimate of drug-likeness (QED) is 0.713. The van der Waals surface area contributed by atoms with Crippen molar-refractivity contribution in [2.24, 2.45) is 0 Å². The number of hydrogen-bond donors (Lipinski definition) is 0. The molecule has 2 aliphatic carbocycles. The third-order valence-electron chi connectivity index (χ3n) is 3.26. The lowest BCUT2D eigenvalue weighted by Gasteiger charge is -2.03. The van der Waals surface area contributed by atoms with Gasteiger partial charge < -0.3 is 0 Å². The fraction of sp³-hybridized carbons (Fsp3) is 0.750. The molecule has 2 fully saturated rings. The molecular formula is C12H18N2. The van der Waals surface area contributed by atoms with Crippen LogP contribution in [0.4, 0.5) is 0 Å². The highest BCUT2D eigenvalue weighted by atomic mass is 15.3. The van der Waals surface area contributed by atoms with Crippen molar-refractivity contribution in [2.45, 2.75) is 57.4 Å². The lowest BCUT2D eigenvalue weighted by atomic mass is 10.2. The van der Waals surface area contributed by atoms with E-state index in [1.54, 1.807) is 0 Å². The summed E-state index contributed by atoms with van der Waals surface area (Å²) >= 11 is 0. The molecule has 14 heavy (non-hydrogen) atoms. The molecule has 1 aromatic rings. The fourth-order valence-corrected chi connectivity index (χ4v) is 2.13. The van der Waals surface area contributed by atoms with Crippen LogP contribution in [0, 0.1) is 0 Å². The highest BCUT2D eigenvalue weighted by molar-refractivity contribution is 5.24. The fourth-order valence-electron chi connectivity index (χ4n) is 2.13. The van der Waals surface area contributed by atoms with Crippen LogP contribution in [0.2, 0.25) is 0 Å². The van der Waals surface area contributed by atoms with Gasteiger partial charge in [-0.15, -0.1) is 0 Å². The van der Waals surface area contributed by atoms with Crippen LogP contribution in [-0.4, -0.2) is 9.78 Å². The molecule has 0 N–H and O–H groups in total. The minimum atomic E-state index is 0.811. The first-order chi connectivity index (χ1) is 6.88. The average Bonchev–Trinajstić information content (AvgIpc) is 3.07. The Hall–Kier alpha value is -0.790. The van der Waals surface area contributed by atoms with Crippen LogP contribution in [-0.2, 0) is 6.54 Å². The summed E-state index contributed by atoms with van der Waals surface area (Å²) in [7, 11) is 0. The van der Waals surface area contributed by atoms with Gasteiger partial charge in [-0.1, -0.05) is 6.92 Å². The average molecular weight is 190 g/mol. The number of hydrogen-bond acceptors (Lipinski definition) is 1. The molecule has 0 aromatic carbocycles. The summed E-state index contributed by atoms with van der Waals surface area (Å²) in [5.41, 5.74) is 2.90. The minimum Gasteiger partial charge on any atom is -0.269 e. The molecule has 0 bridgehead atoms. The smallest absolute Gasteiger partial charge is 0.0658 e. The lowest BCUT2D eigenvalue weighted by molar-refractivity contribution is 0.569. The van der Waals surface area contributed by atoms with E-state index in [-0.39, 0.29) is 0 Å². The van der Waals surface area contributed by atoms with Gasteiger partial charge in [0.25, 0.3) is 0 Å². The molecule has 2 nitrogen and oxygen atoms in total. The Kier molecular flexibility index (Phi) is 1.89. The van der Waals surface area contributed by atoms with Crippen molar-refractivity contribution in [3.05, 3.63) is 17.5 Å². The number of aryl methyl sites for hydroxylation is 1. The topological polar surface area (TPSA) is 17.8 Å². The van der Waals surface area contributed by atoms with Crippen molar-refractivity contribution < 1.29 is 0 Å². The monoisotopic (exact) mass is 190 g/mol. The third kappa shape index (κ3) is 1.47. The molecule has 0 radical (unpaired) electrons. The Morgan fingerprint density at radius 1 is 1.29 bits per heavy atom. The molecule has 1 aromatic heterocycles. The molecule has 0 amide bonds. The zero-order valence-corrected chi connectivity index (χ0v) is 8.87. The van der Waals surface area contributed by atoms with Crippen LogP contribution in [0.15, 0.2) is 6.07 Å². The van der Waals surface area contributed by atoms with Gasteiger partial charge >= 0.3 is 0 Å². The van der Waals surface area contributed by atoms with Crippen molar-refractivity contribution in [3.63, 3.8) is 0 Å². The minimum absolute atomic E-state index is 0.811. The first-order valence-corrected chi connectivity index (χ1v) is 5.96. The van der Waals surface area contributed by atoms with E-state index in [1.807, 2.05) is 0 Å². The molecule has 2 saturated carbocycles. The zero-order chi connectivity index (χ0) is 9.54. The van der Waals surface area contributed by atoms with Gasteiger partial charge in [-0.25, -0.2) is 0 Å². The molecule has 0 aliphatic heterocycles. The molecule has 0 spiro atoms. The van der Waals surface area contributed by atoms with Crippen LogP contribution in [0.3, 0.4) is 0 Å². The Morgan fingerprint density at radius 2 is 2.00 bits per heavy atom. The van der Waals surface area contributed by atoms with E-state index in [1.165, 1.54) is 43.5 Å². The summed E-state index contributed by atoms with van der Waals surface area (Å²) in [6.07, 6.45) is 6.71. The van der Waals surface area contributed by atoms with Crippen molar-refractivity contribution in [2.75, 3.05) is 0 Å². The summed E-state index contributed by atoms with van der Waals surface area (Å²) in [5.74, 6) is 1.66. The van der Waals surface area contributed by atoms with Gasteiger partial charge in [0, 0.05) is 24.1 Å². The number of rotatable bonds is 4. The Morgan fingerprint density at radius 3 is 2.57 bits per heavy atom. The van der Waals surface area contributed by atoms with E-state index in [2.05, 4.69) is 17.7 Å². The first-order valence-electron chi connectivity index (χ1n) is 5.96. The Balaban J connectivity index is 1.89.